The second-order valence-electron chi connectivity index (χ2n) is 2.75. The number of carbonyl (C=O) groups excluding carboxylic acids is 1. The van der Waals surface area contributed by atoms with Crippen LogP contribution in [0.25, 0.3) is 0 Å². The van der Waals surface area contributed by atoms with E-state index < -0.39 is 0 Å². The van der Waals surface area contributed by atoms with Crippen LogP contribution in [-0.2, 0) is 4.74 Å². The van der Waals surface area contributed by atoms with Crippen LogP contribution in [0.1, 0.15) is 17.3 Å². The molecule has 1 aromatic rings. The maximum atomic E-state index is 11.4. The first kappa shape index (κ1) is 10.3. The average molecular weight is 191 g/mol. The molecule has 0 saturated carbocycles. The maximum absolute atomic E-state index is 11.4. The molecule has 0 atom stereocenters. The number of para-hydroxylation sites is 1. The summed E-state index contributed by atoms with van der Waals surface area (Å²) in [5.41, 5.74) is 6.46. The summed E-state index contributed by atoms with van der Waals surface area (Å²) < 4.78 is 4.94. The molecule has 14 heavy (non-hydrogen) atoms. The van der Waals surface area contributed by atoms with Crippen molar-refractivity contribution in [1.82, 2.24) is 0 Å². The van der Waals surface area contributed by atoms with Gasteiger partial charge in [-0.25, -0.2) is 4.79 Å². The molecule has 0 radical (unpaired) electrons. The zero-order valence-corrected chi connectivity index (χ0v) is 8.07. The average Bonchev–Trinajstić information content (AvgIpc) is 2.18. The first-order valence-corrected chi connectivity index (χ1v) is 4.38. The Kier molecular flexibility index (Phi) is 3.73. The Hall–Kier alpha value is -1.77. The second kappa shape index (κ2) is 5.07. The van der Waals surface area contributed by atoms with Crippen molar-refractivity contribution >= 4 is 11.7 Å². The fourth-order valence-electron chi connectivity index (χ4n) is 0.981. The standard InChI is InChI=1S/C11H13NO2/c1-2-3-8-14-11(13)9-6-4-5-7-10(9)12/h2-7H,8,12H2,1H3/b3-2+. The quantitative estimate of drug-likeness (QED) is 0.451. The highest BCUT2D eigenvalue weighted by atomic mass is 16.5. The van der Waals surface area contributed by atoms with Crippen LogP contribution < -0.4 is 5.73 Å². The van der Waals surface area contributed by atoms with Gasteiger partial charge in [-0.2, -0.15) is 0 Å². The molecule has 3 nitrogen and oxygen atoms in total. The third kappa shape index (κ3) is 2.62. The van der Waals surface area contributed by atoms with E-state index in [0.717, 1.165) is 0 Å². The molecule has 3 heteroatoms. The van der Waals surface area contributed by atoms with E-state index in [1.807, 2.05) is 13.0 Å². The molecule has 0 heterocycles. The number of ether oxygens (including phenoxy) is 1. The highest BCUT2D eigenvalue weighted by molar-refractivity contribution is 5.94. The van der Waals surface area contributed by atoms with Gasteiger partial charge in [0, 0.05) is 5.69 Å². The lowest BCUT2D eigenvalue weighted by Gasteiger charge is -2.03. The third-order valence-corrected chi connectivity index (χ3v) is 1.73. The number of nitrogen functional groups attached to an aromatic ring is 1. The van der Waals surface area contributed by atoms with E-state index in [-0.39, 0.29) is 12.6 Å². The summed E-state index contributed by atoms with van der Waals surface area (Å²) >= 11 is 0. The summed E-state index contributed by atoms with van der Waals surface area (Å²) in [5, 5.41) is 0. The van der Waals surface area contributed by atoms with E-state index in [0.29, 0.717) is 11.3 Å². The highest BCUT2D eigenvalue weighted by Gasteiger charge is 2.08. The summed E-state index contributed by atoms with van der Waals surface area (Å²) in [5.74, 6) is -0.388. The summed E-state index contributed by atoms with van der Waals surface area (Å²) in [6.45, 7) is 2.15. The van der Waals surface area contributed by atoms with E-state index >= 15 is 0 Å². The first-order valence-electron chi connectivity index (χ1n) is 4.38. The lowest BCUT2D eigenvalue weighted by molar-refractivity contribution is 0.0550. The molecule has 1 aromatic carbocycles. The van der Waals surface area contributed by atoms with E-state index in [1.165, 1.54) is 0 Å². The number of hydrogen-bond acceptors (Lipinski definition) is 3. The lowest BCUT2D eigenvalue weighted by Crippen LogP contribution is -2.07. The van der Waals surface area contributed by atoms with Gasteiger partial charge in [-0.3, -0.25) is 0 Å². The zero-order chi connectivity index (χ0) is 10.4. The molecule has 1 rings (SSSR count). The summed E-state index contributed by atoms with van der Waals surface area (Å²) in [6, 6.07) is 6.85. The molecule has 0 aliphatic carbocycles. The van der Waals surface area contributed by atoms with E-state index in [2.05, 4.69) is 0 Å². The van der Waals surface area contributed by atoms with Crippen molar-refractivity contribution in [3.8, 4) is 0 Å². The van der Waals surface area contributed by atoms with Crippen LogP contribution in [0.2, 0.25) is 0 Å². The molecule has 0 spiro atoms. The van der Waals surface area contributed by atoms with Crippen molar-refractivity contribution in [1.29, 1.82) is 0 Å². The van der Waals surface area contributed by atoms with E-state index in [4.69, 9.17) is 10.5 Å². The first-order chi connectivity index (χ1) is 6.75. The van der Waals surface area contributed by atoms with Crippen LogP contribution in [-0.4, -0.2) is 12.6 Å². The van der Waals surface area contributed by atoms with Gasteiger partial charge in [0.05, 0.1) is 5.56 Å². The largest absolute Gasteiger partial charge is 0.458 e. The minimum atomic E-state index is -0.388. The Morgan fingerprint density at radius 3 is 2.86 bits per heavy atom. The molecule has 0 saturated heterocycles. The van der Waals surface area contributed by atoms with Crippen molar-refractivity contribution in [2.75, 3.05) is 12.3 Å². The smallest absolute Gasteiger partial charge is 0.340 e. The molecule has 0 unspecified atom stereocenters. The fraction of sp³-hybridized carbons (Fsp3) is 0.182. The summed E-state index contributed by atoms with van der Waals surface area (Å²) in [7, 11) is 0. The third-order valence-electron chi connectivity index (χ3n) is 1.73. The summed E-state index contributed by atoms with van der Waals surface area (Å²) in [4.78, 5) is 11.4. The molecule has 0 fully saturated rings. The van der Waals surface area contributed by atoms with Crippen molar-refractivity contribution in [2.24, 2.45) is 0 Å². The molecule has 0 aromatic heterocycles. The number of hydrogen-bond donors (Lipinski definition) is 1. The van der Waals surface area contributed by atoms with Gasteiger partial charge in [0.25, 0.3) is 0 Å². The van der Waals surface area contributed by atoms with Gasteiger partial charge in [0.1, 0.15) is 6.61 Å². The Morgan fingerprint density at radius 2 is 2.21 bits per heavy atom. The zero-order valence-electron chi connectivity index (χ0n) is 8.07. The van der Waals surface area contributed by atoms with E-state index in [1.54, 1.807) is 30.3 Å². The highest BCUT2D eigenvalue weighted by Crippen LogP contribution is 2.11. The van der Waals surface area contributed by atoms with Crippen LogP contribution in [0.5, 0.6) is 0 Å². The number of rotatable bonds is 3. The second-order valence-corrected chi connectivity index (χ2v) is 2.75. The van der Waals surface area contributed by atoms with Crippen LogP contribution in [0, 0.1) is 0 Å². The van der Waals surface area contributed by atoms with Gasteiger partial charge in [-0.1, -0.05) is 24.3 Å². The maximum Gasteiger partial charge on any atom is 0.340 e. The van der Waals surface area contributed by atoms with Crippen molar-refractivity contribution in [3.63, 3.8) is 0 Å². The molecule has 74 valence electrons. The predicted octanol–water partition coefficient (Wildman–Crippen LogP) is 2.00. The normalized spacial score (nSPS) is 10.4. The minimum Gasteiger partial charge on any atom is -0.458 e. The predicted molar refractivity (Wildman–Crippen MR) is 56.0 cm³/mol. The van der Waals surface area contributed by atoms with Gasteiger partial charge in [-0.15, -0.1) is 0 Å². The van der Waals surface area contributed by atoms with Crippen molar-refractivity contribution < 1.29 is 9.53 Å². The van der Waals surface area contributed by atoms with Crippen molar-refractivity contribution in [3.05, 3.63) is 42.0 Å². The summed E-state index contributed by atoms with van der Waals surface area (Å²) in [6.07, 6.45) is 3.58. The number of carbonyl (C=O) groups is 1. The number of nitrogens with two attached hydrogens (primary N) is 1. The van der Waals surface area contributed by atoms with Gasteiger partial charge in [0.2, 0.25) is 0 Å². The van der Waals surface area contributed by atoms with E-state index in [9.17, 15) is 4.79 Å². The molecule has 0 aliphatic heterocycles. The van der Waals surface area contributed by atoms with Gasteiger partial charge < -0.3 is 10.5 Å². The molecular weight excluding hydrogens is 178 g/mol. The molecule has 0 aliphatic rings. The lowest BCUT2D eigenvalue weighted by atomic mass is 10.2. The Labute approximate surface area is 83.2 Å². The van der Waals surface area contributed by atoms with Crippen LogP contribution in [0.4, 0.5) is 5.69 Å². The fourth-order valence-corrected chi connectivity index (χ4v) is 0.981. The Balaban J connectivity index is 2.65. The number of esters is 1. The molecular formula is C11H13NO2. The number of allylic oxidation sites excluding steroid dienone is 1. The number of anilines is 1. The van der Waals surface area contributed by atoms with Gasteiger partial charge in [-0.05, 0) is 19.1 Å². The SMILES string of the molecule is C/C=C/COC(=O)c1ccccc1N. The molecule has 0 amide bonds. The van der Waals surface area contributed by atoms with Crippen LogP contribution in [0.3, 0.4) is 0 Å². The van der Waals surface area contributed by atoms with Gasteiger partial charge >= 0.3 is 5.97 Å². The van der Waals surface area contributed by atoms with Gasteiger partial charge in [0.15, 0.2) is 0 Å². The van der Waals surface area contributed by atoms with Crippen LogP contribution in [0.15, 0.2) is 36.4 Å². The number of benzene rings is 1. The van der Waals surface area contributed by atoms with Crippen LogP contribution >= 0.6 is 0 Å². The minimum absolute atomic E-state index is 0.281. The Morgan fingerprint density at radius 1 is 1.50 bits per heavy atom. The topological polar surface area (TPSA) is 52.3 Å². The molecule has 2 N–H and O–H groups in total. The monoisotopic (exact) mass is 191 g/mol. The Bertz CT molecular complexity index is 345. The molecule has 0 bridgehead atoms. The van der Waals surface area contributed by atoms with Crippen molar-refractivity contribution in [2.45, 2.75) is 6.92 Å².